The summed E-state index contributed by atoms with van der Waals surface area (Å²) in [6.45, 7) is 5.11. The van der Waals surface area contributed by atoms with E-state index in [0.717, 1.165) is 23.6 Å². The van der Waals surface area contributed by atoms with E-state index < -0.39 is 0 Å². The Balaban J connectivity index is 2.69. The van der Waals surface area contributed by atoms with Gasteiger partial charge >= 0.3 is 0 Å². The summed E-state index contributed by atoms with van der Waals surface area (Å²) in [7, 11) is 3.31. The Morgan fingerprint density at radius 1 is 1.12 bits per heavy atom. The molecule has 0 saturated carbocycles. The molecule has 0 aromatic heterocycles. The molecule has 0 fully saturated rings. The smallest absolute Gasteiger partial charge is 0.123 e. The fourth-order valence-corrected chi connectivity index (χ4v) is 1.42. The lowest BCUT2D eigenvalue weighted by molar-refractivity contribution is 0.394. The molecule has 0 atom stereocenters. The normalized spacial score (nSPS) is 11.1. The number of nitrogens with one attached hydrogen (secondary N) is 1. The summed E-state index contributed by atoms with van der Waals surface area (Å²) in [6, 6.07) is 6.33. The van der Waals surface area contributed by atoms with Crippen LogP contribution in [0.15, 0.2) is 24.3 Å². The fraction of sp³-hybridized carbons (Fsp3) is 0.429. The number of methoxy groups -OCH3 is 2. The van der Waals surface area contributed by atoms with Gasteiger partial charge in [0.15, 0.2) is 0 Å². The van der Waals surface area contributed by atoms with E-state index in [0.29, 0.717) is 6.04 Å². The van der Waals surface area contributed by atoms with Crippen molar-refractivity contribution >= 4 is 6.08 Å². The Morgan fingerprint density at radius 3 is 2.18 bits per heavy atom. The third-order valence-corrected chi connectivity index (χ3v) is 2.33. The van der Waals surface area contributed by atoms with Crippen LogP contribution in [0.1, 0.15) is 19.4 Å². The van der Waals surface area contributed by atoms with Crippen molar-refractivity contribution in [2.24, 2.45) is 0 Å². The van der Waals surface area contributed by atoms with Crippen molar-refractivity contribution in [1.82, 2.24) is 5.32 Å². The second-order valence-corrected chi connectivity index (χ2v) is 4.11. The third kappa shape index (κ3) is 4.91. The van der Waals surface area contributed by atoms with Crippen molar-refractivity contribution in [2.75, 3.05) is 20.8 Å². The second-order valence-electron chi connectivity index (χ2n) is 4.11. The second kappa shape index (κ2) is 6.97. The molecule has 0 spiro atoms. The number of hydrogen-bond donors (Lipinski definition) is 1. The molecule has 94 valence electrons. The highest BCUT2D eigenvalue weighted by Crippen LogP contribution is 2.23. The van der Waals surface area contributed by atoms with Crippen LogP contribution in [0.3, 0.4) is 0 Å². The van der Waals surface area contributed by atoms with Crippen LogP contribution in [0.4, 0.5) is 0 Å². The van der Waals surface area contributed by atoms with Crippen molar-refractivity contribution in [2.45, 2.75) is 19.9 Å². The number of hydrogen-bond acceptors (Lipinski definition) is 3. The third-order valence-electron chi connectivity index (χ3n) is 2.33. The lowest BCUT2D eigenvalue weighted by Crippen LogP contribution is -2.22. The van der Waals surface area contributed by atoms with Crippen LogP contribution < -0.4 is 14.8 Å². The van der Waals surface area contributed by atoms with E-state index >= 15 is 0 Å². The van der Waals surface area contributed by atoms with Crippen LogP contribution in [0, 0.1) is 0 Å². The molecular formula is C14H21NO2. The Labute approximate surface area is 103 Å². The summed E-state index contributed by atoms with van der Waals surface area (Å²) in [5.41, 5.74) is 1.08. The van der Waals surface area contributed by atoms with Gasteiger partial charge in [-0.1, -0.05) is 26.0 Å². The van der Waals surface area contributed by atoms with Gasteiger partial charge in [-0.3, -0.25) is 0 Å². The number of benzene rings is 1. The van der Waals surface area contributed by atoms with E-state index in [-0.39, 0.29) is 0 Å². The van der Waals surface area contributed by atoms with Gasteiger partial charge in [0.25, 0.3) is 0 Å². The Morgan fingerprint density at radius 2 is 1.71 bits per heavy atom. The van der Waals surface area contributed by atoms with Gasteiger partial charge < -0.3 is 14.8 Å². The molecule has 3 heteroatoms. The highest BCUT2D eigenvalue weighted by Gasteiger charge is 1.98. The molecule has 0 unspecified atom stereocenters. The number of ether oxygens (including phenoxy) is 2. The molecule has 0 saturated heterocycles. The van der Waals surface area contributed by atoms with Crippen LogP contribution in [0.25, 0.3) is 6.08 Å². The SMILES string of the molecule is COc1cc(C=CCNC(C)C)cc(OC)c1. The van der Waals surface area contributed by atoms with Gasteiger partial charge in [-0.2, -0.15) is 0 Å². The van der Waals surface area contributed by atoms with E-state index in [9.17, 15) is 0 Å². The molecular weight excluding hydrogens is 214 g/mol. The maximum atomic E-state index is 5.21. The lowest BCUT2D eigenvalue weighted by Gasteiger charge is -2.06. The van der Waals surface area contributed by atoms with Crippen molar-refractivity contribution in [3.8, 4) is 11.5 Å². The van der Waals surface area contributed by atoms with Crippen LogP contribution in [0.5, 0.6) is 11.5 Å². The average Bonchev–Trinajstić information content (AvgIpc) is 2.34. The van der Waals surface area contributed by atoms with Gasteiger partial charge in [0.05, 0.1) is 14.2 Å². The largest absolute Gasteiger partial charge is 0.497 e. The quantitative estimate of drug-likeness (QED) is 0.822. The minimum absolute atomic E-state index is 0.500. The van der Waals surface area contributed by atoms with Crippen molar-refractivity contribution in [3.63, 3.8) is 0 Å². The van der Waals surface area contributed by atoms with E-state index in [4.69, 9.17) is 9.47 Å². The Bertz CT molecular complexity index is 350. The van der Waals surface area contributed by atoms with Crippen LogP contribution >= 0.6 is 0 Å². The first-order valence-corrected chi connectivity index (χ1v) is 5.78. The Kier molecular flexibility index (Phi) is 5.57. The van der Waals surface area contributed by atoms with Gasteiger partial charge in [0, 0.05) is 18.7 Å². The summed E-state index contributed by atoms with van der Waals surface area (Å²) < 4.78 is 10.4. The van der Waals surface area contributed by atoms with Crippen LogP contribution in [0.2, 0.25) is 0 Å². The summed E-state index contributed by atoms with van der Waals surface area (Å²) >= 11 is 0. The molecule has 0 bridgehead atoms. The number of rotatable bonds is 6. The topological polar surface area (TPSA) is 30.5 Å². The van der Waals surface area contributed by atoms with E-state index in [1.165, 1.54) is 0 Å². The zero-order valence-corrected chi connectivity index (χ0v) is 11.0. The maximum Gasteiger partial charge on any atom is 0.123 e. The molecule has 3 nitrogen and oxygen atoms in total. The van der Waals surface area contributed by atoms with Crippen LogP contribution in [-0.4, -0.2) is 26.8 Å². The maximum absolute atomic E-state index is 5.21. The van der Waals surface area contributed by atoms with Crippen LogP contribution in [-0.2, 0) is 0 Å². The zero-order chi connectivity index (χ0) is 12.7. The highest BCUT2D eigenvalue weighted by atomic mass is 16.5. The Hall–Kier alpha value is -1.48. The lowest BCUT2D eigenvalue weighted by atomic mass is 10.2. The zero-order valence-electron chi connectivity index (χ0n) is 11.0. The fourth-order valence-electron chi connectivity index (χ4n) is 1.42. The predicted molar refractivity (Wildman–Crippen MR) is 71.7 cm³/mol. The standard InChI is InChI=1S/C14H21NO2/c1-11(2)15-7-5-6-12-8-13(16-3)10-14(9-12)17-4/h5-6,8-11,15H,7H2,1-4H3. The first-order valence-electron chi connectivity index (χ1n) is 5.78. The summed E-state index contributed by atoms with van der Waals surface area (Å²) in [4.78, 5) is 0. The molecule has 17 heavy (non-hydrogen) atoms. The van der Waals surface area contributed by atoms with Crippen molar-refractivity contribution < 1.29 is 9.47 Å². The molecule has 0 aliphatic rings. The molecule has 0 aliphatic heterocycles. The van der Waals surface area contributed by atoms with Crippen molar-refractivity contribution in [3.05, 3.63) is 29.8 Å². The van der Waals surface area contributed by atoms with Gasteiger partial charge in [0.2, 0.25) is 0 Å². The average molecular weight is 235 g/mol. The molecule has 1 rings (SSSR count). The molecule has 0 aliphatic carbocycles. The van der Waals surface area contributed by atoms with Crippen molar-refractivity contribution in [1.29, 1.82) is 0 Å². The van der Waals surface area contributed by atoms with E-state index in [1.54, 1.807) is 14.2 Å². The van der Waals surface area contributed by atoms with E-state index in [2.05, 4.69) is 31.3 Å². The monoisotopic (exact) mass is 235 g/mol. The highest BCUT2D eigenvalue weighted by molar-refractivity contribution is 5.55. The molecule has 1 aromatic carbocycles. The molecule has 0 heterocycles. The molecule has 1 N–H and O–H groups in total. The summed E-state index contributed by atoms with van der Waals surface area (Å²) in [5.74, 6) is 1.61. The molecule has 0 radical (unpaired) electrons. The van der Waals surface area contributed by atoms with E-state index in [1.807, 2.05) is 18.2 Å². The summed E-state index contributed by atoms with van der Waals surface area (Å²) in [6.07, 6.45) is 4.15. The predicted octanol–water partition coefficient (Wildman–Crippen LogP) is 2.72. The van der Waals surface area contributed by atoms with Gasteiger partial charge in [-0.15, -0.1) is 0 Å². The minimum Gasteiger partial charge on any atom is -0.497 e. The first-order chi connectivity index (χ1) is 8.15. The minimum atomic E-state index is 0.500. The first kappa shape index (κ1) is 13.6. The molecule has 1 aromatic rings. The van der Waals surface area contributed by atoms with Gasteiger partial charge in [-0.05, 0) is 17.7 Å². The van der Waals surface area contributed by atoms with Gasteiger partial charge in [0.1, 0.15) is 11.5 Å². The van der Waals surface area contributed by atoms with Gasteiger partial charge in [-0.25, -0.2) is 0 Å². The summed E-state index contributed by atoms with van der Waals surface area (Å²) in [5, 5.41) is 3.32. The molecule has 0 amide bonds.